The van der Waals surface area contributed by atoms with E-state index in [1.165, 1.54) is 96.4 Å². The molecule has 272 valence electrons. The van der Waals surface area contributed by atoms with Crippen LogP contribution in [-0.4, -0.2) is 94.3 Å². The fourth-order valence-electron chi connectivity index (χ4n) is 9.86. The smallest absolute Gasteiger partial charge is 0.227 e. The maximum atomic E-state index is 12.9. The first-order valence-corrected chi connectivity index (χ1v) is 19.7. The van der Waals surface area contributed by atoms with Crippen molar-refractivity contribution in [1.29, 1.82) is 0 Å². The van der Waals surface area contributed by atoms with E-state index in [0.717, 1.165) is 26.2 Å². The van der Waals surface area contributed by atoms with Gasteiger partial charge in [0.25, 0.3) is 0 Å². The second-order valence-electron chi connectivity index (χ2n) is 20.4. The van der Waals surface area contributed by atoms with E-state index in [0.29, 0.717) is 34.7 Å². The number of carbonyl (C=O) groups excluding carboxylic acids is 2. The third kappa shape index (κ3) is 9.35. The minimum atomic E-state index is -0.272. The molecule has 0 aromatic carbocycles. The number of rotatable bonds is 7. The van der Waals surface area contributed by atoms with Crippen LogP contribution in [0.3, 0.4) is 0 Å². The zero-order valence-electron chi connectivity index (χ0n) is 33.2. The van der Waals surface area contributed by atoms with Gasteiger partial charge in [0, 0.05) is 60.2 Å². The summed E-state index contributed by atoms with van der Waals surface area (Å²) in [6.45, 7) is 29.5. The van der Waals surface area contributed by atoms with Crippen LogP contribution in [0.25, 0.3) is 0 Å². The van der Waals surface area contributed by atoms with E-state index in [9.17, 15) is 9.59 Å². The number of likely N-dealkylation sites (tertiary alicyclic amines) is 2. The van der Waals surface area contributed by atoms with Gasteiger partial charge in [0.15, 0.2) is 0 Å². The predicted molar refractivity (Wildman–Crippen MR) is 197 cm³/mol. The predicted octanol–water partition coefficient (Wildman–Crippen LogP) is 8.77. The Labute approximate surface area is 291 Å². The lowest BCUT2D eigenvalue weighted by molar-refractivity contribution is -0.143. The van der Waals surface area contributed by atoms with E-state index in [1.807, 2.05) is 0 Å². The van der Waals surface area contributed by atoms with E-state index in [4.69, 9.17) is 0 Å². The molecule has 6 nitrogen and oxygen atoms in total. The molecule has 4 aliphatic rings. The molecule has 2 spiro atoms. The van der Waals surface area contributed by atoms with E-state index < -0.39 is 0 Å². The highest BCUT2D eigenvalue weighted by Crippen LogP contribution is 2.48. The maximum absolute atomic E-state index is 12.9. The number of amides is 2. The molecule has 2 heterocycles. The van der Waals surface area contributed by atoms with Crippen LogP contribution < -0.4 is 0 Å². The van der Waals surface area contributed by atoms with Crippen molar-refractivity contribution in [1.82, 2.24) is 19.6 Å². The molecule has 6 heteroatoms. The summed E-state index contributed by atoms with van der Waals surface area (Å²) in [5.41, 5.74) is 0.745. The van der Waals surface area contributed by atoms with Gasteiger partial charge in [-0.2, -0.15) is 0 Å². The number of piperidine rings is 2. The number of hydrogen-bond donors (Lipinski definition) is 0. The van der Waals surface area contributed by atoms with E-state index >= 15 is 0 Å². The molecule has 2 saturated carbocycles. The summed E-state index contributed by atoms with van der Waals surface area (Å²) < 4.78 is 0. The molecule has 4 rings (SSSR count). The van der Waals surface area contributed by atoms with Crippen LogP contribution in [0, 0.1) is 21.7 Å². The van der Waals surface area contributed by atoms with E-state index in [1.54, 1.807) is 0 Å². The highest BCUT2D eigenvalue weighted by Gasteiger charge is 2.44. The summed E-state index contributed by atoms with van der Waals surface area (Å²) in [5, 5.41) is 0. The van der Waals surface area contributed by atoms with Crippen molar-refractivity contribution in [2.24, 2.45) is 21.7 Å². The van der Waals surface area contributed by atoms with Crippen molar-refractivity contribution in [2.45, 2.75) is 189 Å². The van der Waals surface area contributed by atoms with Crippen LogP contribution in [0.1, 0.15) is 166 Å². The lowest BCUT2D eigenvalue weighted by Crippen LogP contribution is -2.54. The van der Waals surface area contributed by atoms with Crippen LogP contribution in [0.2, 0.25) is 0 Å². The number of hydrogen-bond acceptors (Lipinski definition) is 4. The normalized spacial score (nSPS) is 24.9. The number of nitrogens with zero attached hydrogens (tertiary/aromatic N) is 4. The van der Waals surface area contributed by atoms with Gasteiger partial charge in [0.05, 0.1) is 0 Å². The molecule has 0 N–H and O–H groups in total. The quantitative estimate of drug-likeness (QED) is 0.275. The second-order valence-corrected chi connectivity index (χ2v) is 20.4. The van der Waals surface area contributed by atoms with Crippen LogP contribution in [0.15, 0.2) is 0 Å². The fraction of sp³-hybridized carbons (Fsp3) is 0.951. The first-order chi connectivity index (χ1) is 21.6. The van der Waals surface area contributed by atoms with E-state index in [-0.39, 0.29) is 21.9 Å². The molecule has 2 saturated heterocycles. The molecule has 0 aromatic rings. The van der Waals surface area contributed by atoms with Crippen molar-refractivity contribution in [2.75, 3.05) is 39.8 Å². The molecule has 4 fully saturated rings. The Bertz CT molecular complexity index is 1040. The molecule has 2 aliphatic heterocycles. The van der Waals surface area contributed by atoms with Gasteiger partial charge in [-0.3, -0.25) is 19.4 Å². The van der Waals surface area contributed by atoms with Crippen molar-refractivity contribution in [3.05, 3.63) is 0 Å². The Morgan fingerprint density at radius 2 is 0.957 bits per heavy atom. The van der Waals surface area contributed by atoms with Gasteiger partial charge in [-0.05, 0) is 149 Å². The lowest BCUT2D eigenvalue weighted by Gasteiger charge is -2.51. The molecular formula is C41H76N4O2. The first-order valence-electron chi connectivity index (χ1n) is 19.7. The molecule has 2 amide bonds. The average Bonchev–Trinajstić information content (AvgIpc) is 2.99. The van der Waals surface area contributed by atoms with Crippen LogP contribution >= 0.6 is 0 Å². The molecule has 47 heavy (non-hydrogen) atoms. The van der Waals surface area contributed by atoms with Crippen LogP contribution in [0.4, 0.5) is 0 Å². The van der Waals surface area contributed by atoms with E-state index in [2.05, 4.69) is 103 Å². The standard InChI is InChI=1S/C41H76N4O2/c1-36(2,3)34(46)43-28-23-40(24-29-43)19-14-32(15-20-40)42(12)39(10,11)18-13-27-45(38(7,8)9)33-16-21-41(22-17-33)25-30-44(31-26-41)35(47)37(4,5)6/h32-33H,13-31H2,1-12H3. The van der Waals surface area contributed by atoms with Gasteiger partial charge >= 0.3 is 0 Å². The first kappa shape index (κ1) is 38.7. The molecule has 0 radical (unpaired) electrons. The summed E-state index contributed by atoms with van der Waals surface area (Å²) in [4.78, 5) is 35.6. The third-order valence-corrected chi connectivity index (χ3v) is 13.5. The van der Waals surface area contributed by atoms with Gasteiger partial charge in [-0.15, -0.1) is 0 Å². The molecule has 0 aromatic heterocycles. The summed E-state index contributed by atoms with van der Waals surface area (Å²) >= 11 is 0. The lowest BCUT2D eigenvalue weighted by atomic mass is 9.66. The monoisotopic (exact) mass is 657 g/mol. The van der Waals surface area contributed by atoms with Crippen LogP contribution in [0.5, 0.6) is 0 Å². The van der Waals surface area contributed by atoms with Crippen molar-refractivity contribution in [3.63, 3.8) is 0 Å². The molecule has 0 atom stereocenters. The minimum Gasteiger partial charge on any atom is -0.342 e. The Hall–Kier alpha value is -1.14. The van der Waals surface area contributed by atoms with Gasteiger partial charge in [0.1, 0.15) is 0 Å². The number of carbonyl (C=O) groups is 2. The summed E-state index contributed by atoms with van der Waals surface area (Å²) in [6, 6.07) is 1.35. The van der Waals surface area contributed by atoms with Gasteiger partial charge < -0.3 is 9.80 Å². The van der Waals surface area contributed by atoms with Crippen molar-refractivity contribution in [3.8, 4) is 0 Å². The zero-order chi connectivity index (χ0) is 35.1. The Balaban J connectivity index is 1.23. The largest absolute Gasteiger partial charge is 0.342 e. The van der Waals surface area contributed by atoms with Crippen molar-refractivity contribution < 1.29 is 9.59 Å². The third-order valence-electron chi connectivity index (χ3n) is 13.5. The Morgan fingerprint density at radius 3 is 1.30 bits per heavy atom. The highest BCUT2D eigenvalue weighted by atomic mass is 16.2. The second kappa shape index (κ2) is 14.2. The summed E-state index contributed by atoms with van der Waals surface area (Å²) in [7, 11) is 2.40. The summed E-state index contributed by atoms with van der Waals surface area (Å²) in [6.07, 6.45) is 17.7. The summed E-state index contributed by atoms with van der Waals surface area (Å²) in [5.74, 6) is 0.651. The molecule has 2 aliphatic carbocycles. The fourth-order valence-corrected chi connectivity index (χ4v) is 9.86. The SMILES string of the molecule is CN(C1CCC2(CC1)CCN(C(=O)C(C)(C)C)CC2)C(C)(C)CCCN(C1CCC2(CC1)CCN(C(=O)C(C)(C)C)CC2)C(C)(C)C. The molecule has 0 unspecified atom stereocenters. The Kier molecular flexibility index (Phi) is 11.7. The average molecular weight is 657 g/mol. The van der Waals surface area contributed by atoms with Gasteiger partial charge in [0.2, 0.25) is 11.8 Å². The topological polar surface area (TPSA) is 47.1 Å². The van der Waals surface area contributed by atoms with Crippen LogP contribution in [-0.2, 0) is 9.59 Å². The Morgan fingerprint density at radius 1 is 0.596 bits per heavy atom. The highest BCUT2D eigenvalue weighted by molar-refractivity contribution is 5.82. The van der Waals surface area contributed by atoms with Crippen molar-refractivity contribution >= 4 is 11.8 Å². The minimum absolute atomic E-state index is 0.179. The molecule has 0 bridgehead atoms. The van der Waals surface area contributed by atoms with Gasteiger partial charge in [-0.25, -0.2) is 0 Å². The molecular weight excluding hydrogens is 580 g/mol. The van der Waals surface area contributed by atoms with Gasteiger partial charge in [-0.1, -0.05) is 41.5 Å². The zero-order valence-corrected chi connectivity index (χ0v) is 33.2. The maximum Gasteiger partial charge on any atom is 0.227 e.